The number of ether oxygens (including phenoxy) is 1. The maximum absolute atomic E-state index is 6.21. The van der Waals surface area contributed by atoms with Gasteiger partial charge in [-0.2, -0.15) is 0 Å². The average Bonchev–Trinajstić information content (AvgIpc) is 2.65. The summed E-state index contributed by atoms with van der Waals surface area (Å²) in [7, 11) is 0. The highest BCUT2D eigenvalue weighted by atomic mass is 35.5. The summed E-state index contributed by atoms with van der Waals surface area (Å²) in [6.45, 7) is 4.56. The summed E-state index contributed by atoms with van der Waals surface area (Å²) < 4.78 is 5.95. The average molecular weight is 258 g/mol. The summed E-state index contributed by atoms with van der Waals surface area (Å²) in [5.41, 5.74) is 2.25. The predicted molar refractivity (Wildman–Crippen MR) is 65.3 cm³/mol. The zero-order valence-electron chi connectivity index (χ0n) is 9.02. The Morgan fingerprint density at radius 2 is 2.25 bits per heavy atom. The van der Waals surface area contributed by atoms with E-state index in [2.05, 4.69) is 18.3 Å². The number of fused-ring (bicyclic) bond motifs is 3. The molecule has 2 aliphatic rings. The second-order valence-corrected chi connectivity index (χ2v) is 5.50. The third kappa shape index (κ3) is 1.41. The maximum atomic E-state index is 6.21. The minimum atomic E-state index is -0.0931. The molecule has 2 nitrogen and oxygen atoms in total. The van der Waals surface area contributed by atoms with E-state index in [0.717, 1.165) is 18.7 Å². The Labute approximate surface area is 105 Å². The zero-order chi connectivity index (χ0) is 11.3. The lowest BCUT2D eigenvalue weighted by molar-refractivity contribution is -0.0517. The van der Waals surface area contributed by atoms with Gasteiger partial charge in [-0.15, -0.1) is 0 Å². The molecule has 2 aliphatic heterocycles. The molecule has 1 fully saturated rings. The molecular formula is C12H13Cl2NO. The van der Waals surface area contributed by atoms with Crippen LogP contribution in [0.25, 0.3) is 0 Å². The molecule has 0 saturated carbocycles. The van der Waals surface area contributed by atoms with Crippen LogP contribution in [0.4, 0.5) is 0 Å². The molecule has 0 bridgehead atoms. The molecule has 0 amide bonds. The Kier molecular flexibility index (Phi) is 2.44. The third-order valence-corrected chi connectivity index (χ3v) is 4.56. The van der Waals surface area contributed by atoms with Crippen molar-refractivity contribution in [3.63, 3.8) is 0 Å². The van der Waals surface area contributed by atoms with E-state index in [-0.39, 0.29) is 5.60 Å². The predicted octanol–water partition coefficient (Wildman–Crippen LogP) is 2.97. The standard InChI is InChI=1S/C12H13Cl2NO/c1-12-6-15-4-9(12)7-2-3-10(13)11(14)8(7)5-16-12/h2-3,9,15H,4-6H2,1H3/t9-,12-/m0/s1. The molecule has 1 aromatic carbocycles. The first-order valence-corrected chi connectivity index (χ1v) is 6.19. The van der Waals surface area contributed by atoms with E-state index in [1.54, 1.807) is 0 Å². The fourth-order valence-corrected chi connectivity index (χ4v) is 3.12. The molecule has 0 radical (unpaired) electrons. The molecule has 0 aromatic heterocycles. The van der Waals surface area contributed by atoms with Crippen molar-refractivity contribution in [1.29, 1.82) is 0 Å². The minimum Gasteiger partial charge on any atom is -0.369 e. The molecule has 2 heterocycles. The highest BCUT2D eigenvalue weighted by Gasteiger charge is 2.44. The highest BCUT2D eigenvalue weighted by Crippen LogP contribution is 2.44. The summed E-state index contributed by atoms with van der Waals surface area (Å²) in [5.74, 6) is 0.381. The van der Waals surface area contributed by atoms with E-state index < -0.39 is 0 Å². The monoisotopic (exact) mass is 257 g/mol. The van der Waals surface area contributed by atoms with E-state index in [0.29, 0.717) is 22.6 Å². The van der Waals surface area contributed by atoms with Crippen molar-refractivity contribution in [2.45, 2.75) is 25.0 Å². The summed E-state index contributed by atoms with van der Waals surface area (Å²) in [6.07, 6.45) is 0. The molecule has 16 heavy (non-hydrogen) atoms. The second kappa shape index (κ2) is 3.61. The number of rotatable bonds is 0. The Morgan fingerprint density at radius 3 is 3.06 bits per heavy atom. The van der Waals surface area contributed by atoms with Crippen LogP contribution >= 0.6 is 23.2 Å². The van der Waals surface area contributed by atoms with Gasteiger partial charge in [0.15, 0.2) is 0 Å². The van der Waals surface area contributed by atoms with Gasteiger partial charge in [0.1, 0.15) is 0 Å². The van der Waals surface area contributed by atoms with Crippen LogP contribution < -0.4 is 5.32 Å². The van der Waals surface area contributed by atoms with Crippen LogP contribution in [0, 0.1) is 0 Å². The largest absolute Gasteiger partial charge is 0.369 e. The van der Waals surface area contributed by atoms with Crippen LogP contribution in [0.15, 0.2) is 12.1 Å². The van der Waals surface area contributed by atoms with Gasteiger partial charge in [0.2, 0.25) is 0 Å². The van der Waals surface area contributed by atoms with Gasteiger partial charge < -0.3 is 10.1 Å². The number of benzene rings is 1. The van der Waals surface area contributed by atoms with Gasteiger partial charge in [-0.25, -0.2) is 0 Å². The van der Waals surface area contributed by atoms with Crippen LogP contribution in [-0.4, -0.2) is 18.7 Å². The van der Waals surface area contributed by atoms with Crippen LogP contribution in [-0.2, 0) is 11.3 Å². The molecular weight excluding hydrogens is 245 g/mol. The molecule has 1 aromatic rings. The molecule has 1 saturated heterocycles. The third-order valence-electron chi connectivity index (χ3n) is 3.72. The Bertz CT molecular complexity index is 449. The second-order valence-electron chi connectivity index (χ2n) is 4.71. The van der Waals surface area contributed by atoms with Crippen LogP contribution in [0.5, 0.6) is 0 Å². The first-order chi connectivity index (χ1) is 7.62. The van der Waals surface area contributed by atoms with Crippen molar-refractivity contribution in [3.05, 3.63) is 33.3 Å². The zero-order valence-corrected chi connectivity index (χ0v) is 10.5. The first kappa shape index (κ1) is 10.8. The normalized spacial score (nSPS) is 32.3. The minimum absolute atomic E-state index is 0.0931. The van der Waals surface area contributed by atoms with Crippen molar-refractivity contribution in [3.8, 4) is 0 Å². The molecule has 0 spiro atoms. The smallest absolute Gasteiger partial charge is 0.0863 e. The van der Waals surface area contributed by atoms with Crippen molar-refractivity contribution in [1.82, 2.24) is 5.32 Å². The van der Waals surface area contributed by atoms with E-state index in [9.17, 15) is 0 Å². The highest BCUT2D eigenvalue weighted by molar-refractivity contribution is 6.42. The fraction of sp³-hybridized carbons (Fsp3) is 0.500. The molecule has 86 valence electrons. The van der Waals surface area contributed by atoms with Crippen LogP contribution in [0.1, 0.15) is 24.0 Å². The van der Waals surface area contributed by atoms with E-state index >= 15 is 0 Å². The Balaban J connectivity index is 2.14. The molecule has 4 heteroatoms. The quantitative estimate of drug-likeness (QED) is 0.772. The lowest BCUT2D eigenvalue weighted by atomic mass is 9.81. The van der Waals surface area contributed by atoms with Crippen molar-refractivity contribution in [2.75, 3.05) is 13.1 Å². The van der Waals surface area contributed by atoms with E-state index in [4.69, 9.17) is 27.9 Å². The summed E-state index contributed by atoms with van der Waals surface area (Å²) in [4.78, 5) is 0. The van der Waals surface area contributed by atoms with Gasteiger partial charge in [-0.1, -0.05) is 29.3 Å². The molecule has 3 rings (SSSR count). The van der Waals surface area contributed by atoms with Crippen LogP contribution in [0.3, 0.4) is 0 Å². The maximum Gasteiger partial charge on any atom is 0.0863 e. The SMILES string of the molecule is C[C@]12CNC[C@H]1c1ccc(Cl)c(Cl)c1CO2. The van der Waals surface area contributed by atoms with Gasteiger partial charge in [-0.3, -0.25) is 0 Å². The molecule has 1 N–H and O–H groups in total. The summed E-state index contributed by atoms with van der Waals surface area (Å²) in [6, 6.07) is 3.97. The first-order valence-electron chi connectivity index (χ1n) is 5.43. The Morgan fingerprint density at radius 1 is 1.44 bits per heavy atom. The number of nitrogens with one attached hydrogen (secondary N) is 1. The Hall–Kier alpha value is -0.280. The van der Waals surface area contributed by atoms with Crippen LogP contribution in [0.2, 0.25) is 10.0 Å². The summed E-state index contributed by atoms with van der Waals surface area (Å²) in [5, 5.41) is 4.63. The lowest BCUT2D eigenvalue weighted by Crippen LogP contribution is -2.39. The van der Waals surface area contributed by atoms with Gasteiger partial charge in [0.25, 0.3) is 0 Å². The van der Waals surface area contributed by atoms with Gasteiger partial charge in [0, 0.05) is 24.6 Å². The number of hydrogen-bond acceptors (Lipinski definition) is 2. The van der Waals surface area contributed by atoms with Gasteiger partial charge in [-0.05, 0) is 18.6 Å². The summed E-state index contributed by atoms with van der Waals surface area (Å²) >= 11 is 12.2. The molecule has 0 aliphatic carbocycles. The lowest BCUT2D eigenvalue weighted by Gasteiger charge is -2.37. The van der Waals surface area contributed by atoms with Crippen molar-refractivity contribution < 1.29 is 4.74 Å². The van der Waals surface area contributed by atoms with Gasteiger partial charge >= 0.3 is 0 Å². The number of hydrogen-bond donors (Lipinski definition) is 1. The van der Waals surface area contributed by atoms with Gasteiger partial charge in [0.05, 0.1) is 22.3 Å². The number of halogens is 2. The fourth-order valence-electron chi connectivity index (χ4n) is 2.71. The van der Waals surface area contributed by atoms with Crippen molar-refractivity contribution in [2.24, 2.45) is 0 Å². The molecule has 2 atom stereocenters. The van der Waals surface area contributed by atoms with E-state index in [1.165, 1.54) is 5.56 Å². The molecule has 0 unspecified atom stereocenters. The van der Waals surface area contributed by atoms with Crippen molar-refractivity contribution >= 4 is 23.2 Å². The topological polar surface area (TPSA) is 21.3 Å². The van der Waals surface area contributed by atoms with E-state index in [1.807, 2.05) is 6.07 Å².